The number of hydrogen-bond donors (Lipinski definition) is 2. The van der Waals surface area contributed by atoms with Crippen LogP contribution in [0.5, 0.6) is 0 Å². The highest BCUT2D eigenvalue weighted by atomic mass is 35.5. The van der Waals surface area contributed by atoms with E-state index in [4.69, 9.17) is 22.0 Å². The summed E-state index contributed by atoms with van der Waals surface area (Å²) in [5.74, 6) is -1.64. The van der Waals surface area contributed by atoms with Gasteiger partial charge in [-0.1, -0.05) is 11.6 Å². The van der Waals surface area contributed by atoms with E-state index in [2.05, 4.69) is 5.32 Å². The van der Waals surface area contributed by atoms with E-state index in [1.54, 1.807) is 18.2 Å². The standard InChI is InChI=1S/C15H10ClFN2O2/c16-12-3-1-9(7-18)5-14(12)19-8-11-6-10(15(20)21)2-4-13(11)17/h1-6,19H,8H2,(H,20,21). The van der Waals surface area contributed by atoms with E-state index < -0.39 is 11.8 Å². The minimum atomic E-state index is -1.12. The van der Waals surface area contributed by atoms with Crippen LogP contribution >= 0.6 is 11.6 Å². The molecule has 0 aliphatic rings. The highest BCUT2D eigenvalue weighted by molar-refractivity contribution is 6.33. The van der Waals surface area contributed by atoms with Gasteiger partial charge in [-0.25, -0.2) is 9.18 Å². The highest BCUT2D eigenvalue weighted by Gasteiger charge is 2.09. The van der Waals surface area contributed by atoms with Gasteiger partial charge in [0.05, 0.1) is 27.9 Å². The average molecular weight is 305 g/mol. The molecule has 0 aromatic heterocycles. The van der Waals surface area contributed by atoms with Gasteiger partial charge in [0.15, 0.2) is 0 Å². The van der Waals surface area contributed by atoms with Gasteiger partial charge in [-0.3, -0.25) is 0 Å². The van der Waals surface area contributed by atoms with Gasteiger partial charge >= 0.3 is 5.97 Å². The second-order valence-corrected chi connectivity index (χ2v) is 4.68. The van der Waals surface area contributed by atoms with Gasteiger partial charge in [-0.2, -0.15) is 5.26 Å². The number of rotatable bonds is 4. The molecule has 2 N–H and O–H groups in total. The van der Waals surface area contributed by atoms with Gasteiger partial charge in [-0.15, -0.1) is 0 Å². The lowest BCUT2D eigenvalue weighted by Crippen LogP contribution is -2.05. The second-order valence-electron chi connectivity index (χ2n) is 4.27. The molecular formula is C15H10ClFN2O2. The molecule has 2 rings (SSSR count). The maximum absolute atomic E-state index is 13.7. The Hall–Kier alpha value is -2.58. The van der Waals surface area contributed by atoms with Crippen LogP contribution in [-0.2, 0) is 6.54 Å². The SMILES string of the molecule is N#Cc1ccc(Cl)c(NCc2cc(C(=O)O)ccc2F)c1. The molecule has 6 heteroatoms. The maximum Gasteiger partial charge on any atom is 0.335 e. The summed E-state index contributed by atoms with van der Waals surface area (Å²) < 4.78 is 13.7. The van der Waals surface area contributed by atoms with Crippen LogP contribution in [0.25, 0.3) is 0 Å². The molecule has 0 aliphatic carbocycles. The fraction of sp³-hybridized carbons (Fsp3) is 0.0667. The third-order valence-corrected chi connectivity index (χ3v) is 3.19. The summed E-state index contributed by atoms with van der Waals surface area (Å²) >= 11 is 5.98. The number of carbonyl (C=O) groups is 1. The molecule has 106 valence electrons. The first-order valence-corrected chi connectivity index (χ1v) is 6.34. The van der Waals surface area contributed by atoms with Crippen LogP contribution in [0.3, 0.4) is 0 Å². The Bertz CT molecular complexity index is 741. The Morgan fingerprint density at radius 3 is 2.76 bits per heavy atom. The zero-order valence-electron chi connectivity index (χ0n) is 10.7. The second kappa shape index (κ2) is 6.25. The van der Waals surface area contributed by atoms with Gasteiger partial charge in [0.2, 0.25) is 0 Å². The average Bonchev–Trinajstić information content (AvgIpc) is 2.47. The fourth-order valence-corrected chi connectivity index (χ4v) is 1.95. The van der Waals surface area contributed by atoms with Gasteiger partial charge < -0.3 is 10.4 Å². The van der Waals surface area contributed by atoms with Crippen LogP contribution < -0.4 is 5.32 Å². The van der Waals surface area contributed by atoms with Crippen LogP contribution in [0, 0.1) is 17.1 Å². The predicted octanol–water partition coefficient (Wildman–Crippen LogP) is 3.66. The van der Waals surface area contributed by atoms with Crippen molar-refractivity contribution >= 4 is 23.3 Å². The van der Waals surface area contributed by atoms with Crippen molar-refractivity contribution in [3.05, 3.63) is 63.9 Å². The van der Waals surface area contributed by atoms with Crippen molar-refractivity contribution in [3.63, 3.8) is 0 Å². The molecule has 0 spiro atoms. The smallest absolute Gasteiger partial charge is 0.335 e. The normalized spacial score (nSPS) is 9.95. The molecule has 2 aromatic carbocycles. The van der Waals surface area contributed by atoms with E-state index >= 15 is 0 Å². The van der Waals surface area contributed by atoms with E-state index in [0.717, 1.165) is 6.07 Å². The fourth-order valence-electron chi connectivity index (χ4n) is 1.76. The molecule has 0 bridgehead atoms. The molecule has 0 radical (unpaired) electrons. The van der Waals surface area contributed by atoms with Crippen LogP contribution in [0.1, 0.15) is 21.5 Å². The number of nitrogens with zero attached hydrogens (tertiary/aromatic N) is 1. The summed E-state index contributed by atoms with van der Waals surface area (Å²) in [6, 6.07) is 10.2. The summed E-state index contributed by atoms with van der Waals surface area (Å²) in [6.07, 6.45) is 0. The molecule has 0 saturated carbocycles. The lowest BCUT2D eigenvalue weighted by atomic mass is 10.1. The number of carboxylic acids is 1. The van der Waals surface area contributed by atoms with Crippen molar-refractivity contribution in [2.75, 3.05) is 5.32 Å². The molecule has 21 heavy (non-hydrogen) atoms. The number of carboxylic acid groups (broad SMARTS) is 1. The number of nitrogens with one attached hydrogen (secondary N) is 1. The van der Waals surface area contributed by atoms with Crippen molar-refractivity contribution in [2.24, 2.45) is 0 Å². The Morgan fingerprint density at radius 2 is 2.10 bits per heavy atom. The minimum absolute atomic E-state index is 0.00470. The largest absolute Gasteiger partial charge is 0.478 e. The Morgan fingerprint density at radius 1 is 1.33 bits per heavy atom. The number of anilines is 1. The van der Waals surface area contributed by atoms with Gasteiger partial charge in [0, 0.05) is 12.1 Å². The van der Waals surface area contributed by atoms with Crippen LogP contribution in [0.4, 0.5) is 10.1 Å². The Kier molecular flexibility index (Phi) is 4.41. The zero-order chi connectivity index (χ0) is 15.4. The first-order chi connectivity index (χ1) is 10.0. The van der Waals surface area contributed by atoms with E-state index in [1.807, 2.05) is 6.07 Å². The van der Waals surface area contributed by atoms with E-state index in [9.17, 15) is 9.18 Å². The van der Waals surface area contributed by atoms with Crippen molar-refractivity contribution < 1.29 is 14.3 Å². The first kappa shape index (κ1) is 14.8. The van der Waals surface area contributed by atoms with Crippen LogP contribution in [0.2, 0.25) is 5.02 Å². The first-order valence-electron chi connectivity index (χ1n) is 5.96. The third kappa shape index (κ3) is 3.50. The van der Waals surface area contributed by atoms with Crippen LogP contribution in [-0.4, -0.2) is 11.1 Å². The van der Waals surface area contributed by atoms with Gasteiger partial charge in [-0.05, 0) is 36.4 Å². The molecule has 0 atom stereocenters. The molecule has 0 amide bonds. The Labute approximate surface area is 125 Å². The number of nitriles is 1. The lowest BCUT2D eigenvalue weighted by molar-refractivity contribution is 0.0696. The van der Waals surface area contributed by atoms with E-state index in [-0.39, 0.29) is 17.7 Å². The molecule has 0 fully saturated rings. The van der Waals surface area contributed by atoms with Gasteiger partial charge in [0.25, 0.3) is 0 Å². The van der Waals surface area contributed by atoms with Crippen molar-refractivity contribution in [3.8, 4) is 6.07 Å². The van der Waals surface area contributed by atoms with Crippen LogP contribution in [0.15, 0.2) is 36.4 Å². The number of aromatic carboxylic acids is 1. The molecule has 0 saturated heterocycles. The van der Waals surface area contributed by atoms with Crippen molar-refractivity contribution in [1.29, 1.82) is 5.26 Å². The molecule has 4 nitrogen and oxygen atoms in total. The van der Waals surface area contributed by atoms with E-state index in [0.29, 0.717) is 16.3 Å². The molecular weight excluding hydrogens is 295 g/mol. The molecule has 0 unspecified atom stereocenters. The lowest BCUT2D eigenvalue weighted by Gasteiger charge is -2.10. The zero-order valence-corrected chi connectivity index (χ0v) is 11.5. The number of benzene rings is 2. The summed E-state index contributed by atoms with van der Waals surface area (Å²) in [7, 11) is 0. The monoisotopic (exact) mass is 304 g/mol. The molecule has 0 aliphatic heterocycles. The van der Waals surface area contributed by atoms with Gasteiger partial charge in [0.1, 0.15) is 5.82 Å². The summed E-state index contributed by atoms with van der Waals surface area (Å²) in [6.45, 7) is 0.0571. The summed E-state index contributed by atoms with van der Waals surface area (Å²) in [4.78, 5) is 10.9. The number of hydrogen-bond acceptors (Lipinski definition) is 3. The Balaban J connectivity index is 2.22. The summed E-state index contributed by atoms with van der Waals surface area (Å²) in [5.41, 5.74) is 1.11. The minimum Gasteiger partial charge on any atom is -0.478 e. The van der Waals surface area contributed by atoms with Crippen molar-refractivity contribution in [1.82, 2.24) is 0 Å². The van der Waals surface area contributed by atoms with E-state index in [1.165, 1.54) is 12.1 Å². The predicted molar refractivity (Wildman–Crippen MR) is 76.9 cm³/mol. The summed E-state index contributed by atoms with van der Waals surface area (Å²) in [5, 5.41) is 21.0. The highest BCUT2D eigenvalue weighted by Crippen LogP contribution is 2.24. The third-order valence-electron chi connectivity index (χ3n) is 2.86. The molecule has 0 heterocycles. The number of halogens is 2. The molecule has 2 aromatic rings. The maximum atomic E-state index is 13.7. The van der Waals surface area contributed by atoms with Crippen molar-refractivity contribution in [2.45, 2.75) is 6.54 Å². The topological polar surface area (TPSA) is 73.1 Å². The quantitative estimate of drug-likeness (QED) is 0.904.